The Hall–Kier alpha value is -3.29. The molecule has 0 spiro atoms. The number of hydrogen-bond donors (Lipinski definition) is 2. The third-order valence-electron chi connectivity index (χ3n) is 7.57. The van der Waals surface area contributed by atoms with Gasteiger partial charge in [0.25, 0.3) is 0 Å². The summed E-state index contributed by atoms with van der Waals surface area (Å²) in [6.07, 6.45) is -6.64. The first-order valence-electron chi connectivity index (χ1n) is 13.5. The Kier molecular flexibility index (Phi) is 9.50. The number of ether oxygens (including phenoxy) is 1. The lowest BCUT2D eigenvalue weighted by molar-refractivity contribution is -0.145. The van der Waals surface area contributed by atoms with Crippen molar-refractivity contribution in [1.29, 1.82) is 0 Å². The molecule has 41 heavy (non-hydrogen) atoms. The highest BCUT2D eigenvalue weighted by molar-refractivity contribution is 5.79. The zero-order chi connectivity index (χ0) is 29.8. The van der Waals surface area contributed by atoms with Crippen LogP contribution in [-0.2, 0) is 23.6 Å². The summed E-state index contributed by atoms with van der Waals surface area (Å²) in [6.45, 7) is 1.70. The molecular formula is C27H33F6N5O3. The van der Waals surface area contributed by atoms with E-state index >= 15 is 0 Å². The number of halogens is 6. The van der Waals surface area contributed by atoms with Crippen molar-refractivity contribution in [2.24, 2.45) is 11.8 Å². The van der Waals surface area contributed by atoms with Crippen molar-refractivity contribution >= 4 is 17.5 Å². The third-order valence-corrected chi connectivity index (χ3v) is 7.57. The largest absolute Gasteiger partial charge is 0.496 e. The number of amides is 1. The van der Waals surface area contributed by atoms with Crippen molar-refractivity contribution in [3.05, 3.63) is 41.2 Å². The van der Waals surface area contributed by atoms with Gasteiger partial charge in [-0.15, -0.1) is 0 Å². The van der Waals surface area contributed by atoms with E-state index < -0.39 is 29.7 Å². The molecule has 1 amide bonds. The highest BCUT2D eigenvalue weighted by Gasteiger charge is 2.37. The fourth-order valence-electron chi connectivity index (χ4n) is 5.21. The number of hydrogen-bond acceptors (Lipinski definition) is 7. The number of aliphatic hydroxyl groups excluding tert-OH is 1. The van der Waals surface area contributed by atoms with E-state index in [0.717, 1.165) is 12.1 Å². The van der Waals surface area contributed by atoms with Gasteiger partial charge in [0.15, 0.2) is 0 Å². The lowest BCUT2D eigenvalue weighted by Gasteiger charge is -2.35. The molecule has 0 aliphatic carbocycles. The van der Waals surface area contributed by atoms with E-state index in [2.05, 4.69) is 15.3 Å². The zero-order valence-electron chi connectivity index (χ0n) is 22.6. The third kappa shape index (κ3) is 7.72. The summed E-state index contributed by atoms with van der Waals surface area (Å²) in [7, 11) is 1.27. The summed E-state index contributed by atoms with van der Waals surface area (Å²) in [5.74, 6) is -1.61. The number of carbonyl (C=O) groups excluding carboxylic acids is 1. The maximum atomic E-state index is 13.7. The van der Waals surface area contributed by atoms with Crippen molar-refractivity contribution in [2.75, 3.05) is 56.2 Å². The highest BCUT2D eigenvalue weighted by atomic mass is 19.4. The van der Waals surface area contributed by atoms with Crippen LogP contribution in [0.15, 0.2) is 24.3 Å². The van der Waals surface area contributed by atoms with Crippen LogP contribution >= 0.6 is 0 Å². The van der Waals surface area contributed by atoms with E-state index in [9.17, 15) is 36.2 Å². The van der Waals surface area contributed by atoms with Gasteiger partial charge in [-0.2, -0.15) is 26.3 Å². The van der Waals surface area contributed by atoms with Crippen molar-refractivity contribution < 1.29 is 41.0 Å². The Balaban J connectivity index is 1.41. The lowest BCUT2D eigenvalue weighted by atomic mass is 9.96. The number of benzene rings is 1. The molecule has 1 aromatic carbocycles. The van der Waals surface area contributed by atoms with Crippen LogP contribution < -0.4 is 19.9 Å². The Morgan fingerprint density at radius 3 is 2.29 bits per heavy atom. The predicted octanol–water partition coefficient (Wildman–Crippen LogP) is 4.31. The van der Waals surface area contributed by atoms with Crippen LogP contribution in [0.4, 0.5) is 38.0 Å². The number of carbonyl (C=O) groups is 1. The number of methoxy groups -OCH3 is 1. The number of aromatic nitrogens is 2. The number of piperidine rings is 2. The molecule has 8 nitrogen and oxygen atoms in total. The minimum absolute atomic E-state index is 0.0335. The molecule has 226 valence electrons. The summed E-state index contributed by atoms with van der Waals surface area (Å²) < 4.78 is 85.1. The minimum atomic E-state index is -4.75. The average Bonchev–Trinajstić information content (AvgIpc) is 2.96. The number of nitrogens with zero attached hydrogens (tertiary/aromatic N) is 4. The van der Waals surface area contributed by atoms with Gasteiger partial charge in [-0.3, -0.25) is 4.79 Å². The average molecular weight is 590 g/mol. The minimum Gasteiger partial charge on any atom is -0.496 e. The van der Waals surface area contributed by atoms with Gasteiger partial charge >= 0.3 is 12.4 Å². The molecule has 4 rings (SSSR count). The first kappa shape index (κ1) is 30.7. The van der Waals surface area contributed by atoms with Crippen LogP contribution in [0, 0.1) is 11.8 Å². The predicted molar refractivity (Wildman–Crippen MR) is 139 cm³/mol. The van der Waals surface area contributed by atoms with Gasteiger partial charge in [0.1, 0.15) is 17.4 Å². The van der Waals surface area contributed by atoms with E-state index in [1.54, 1.807) is 9.80 Å². The van der Waals surface area contributed by atoms with Crippen LogP contribution in [0.1, 0.15) is 42.6 Å². The molecular weight excluding hydrogens is 556 g/mol. The van der Waals surface area contributed by atoms with Crippen LogP contribution in [0.25, 0.3) is 0 Å². The van der Waals surface area contributed by atoms with Gasteiger partial charge in [-0.05, 0) is 55.7 Å². The fraction of sp³-hybridized carbons (Fsp3) is 0.593. The first-order valence-corrected chi connectivity index (χ1v) is 13.5. The van der Waals surface area contributed by atoms with Gasteiger partial charge in [-0.25, -0.2) is 9.97 Å². The molecule has 0 unspecified atom stereocenters. The van der Waals surface area contributed by atoms with Crippen molar-refractivity contribution in [1.82, 2.24) is 15.3 Å². The van der Waals surface area contributed by atoms with E-state index in [0.29, 0.717) is 50.9 Å². The smallest absolute Gasteiger partial charge is 0.451 e. The summed E-state index contributed by atoms with van der Waals surface area (Å²) in [5.41, 5.74) is -0.331. The lowest BCUT2D eigenvalue weighted by Crippen LogP contribution is -2.44. The SMILES string of the molecule is COc1cc(C(F)(F)F)ccc1CCNC(=O)[C@@H]1CCCN(c2cc(N3CCC(CO)CC3)nc(C(F)(F)F)n2)C1. The molecule has 14 heteroatoms. The Morgan fingerprint density at radius 1 is 1.00 bits per heavy atom. The Bertz CT molecular complexity index is 1200. The van der Waals surface area contributed by atoms with Crippen molar-refractivity contribution in [3.8, 4) is 5.75 Å². The molecule has 2 saturated heterocycles. The number of anilines is 2. The number of rotatable bonds is 8. The van der Waals surface area contributed by atoms with E-state index in [1.807, 2.05) is 0 Å². The molecule has 0 radical (unpaired) electrons. The van der Waals surface area contributed by atoms with Gasteiger partial charge < -0.3 is 25.0 Å². The monoisotopic (exact) mass is 589 g/mol. The number of aliphatic hydroxyl groups is 1. The quantitative estimate of drug-likeness (QED) is 0.444. The van der Waals surface area contributed by atoms with E-state index in [-0.39, 0.29) is 55.3 Å². The molecule has 1 atom stereocenters. The van der Waals surface area contributed by atoms with Crippen molar-refractivity contribution in [2.45, 2.75) is 44.5 Å². The normalized spacial score (nSPS) is 18.9. The van der Waals surface area contributed by atoms with E-state index in [1.165, 1.54) is 19.2 Å². The molecule has 2 aromatic rings. The van der Waals surface area contributed by atoms with Gasteiger partial charge in [0.2, 0.25) is 11.7 Å². The molecule has 0 bridgehead atoms. The molecule has 1 aromatic heterocycles. The van der Waals surface area contributed by atoms with Gasteiger partial charge in [0, 0.05) is 45.4 Å². The first-order chi connectivity index (χ1) is 19.4. The Morgan fingerprint density at radius 2 is 1.68 bits per heavy atom. The maximum Gasteiger partial charge on any atom is 0.451 e. The number of alkyl halides is 6. The fourth-order valence-corrected chi connectivity index (χ4v) is 5.21. The summed E-state index contributed by atoms with van der Waals surface area (Å²) in [4.78, 5) is 23.9. The zero-order valence-corrected chi connectivity index (χ0v) is 22.6. The second-order valence-corrected chi connectivity index (χ2v) is 10.4. The van der Waals surface area contributed by atoms with Gasteiger partial charge in [-0.1, -0.05) is 6.07 Å². The Labute approximate surface area is 233 Å². The van der Waals surface area contributed by atoms with Crippen LogP contribution in [0.5, 0.6) is 5.75 Å². The second kappa shape index (κ2) is 12.7. The molecule has 2 aliphatic heterocycles. The maximum absolute atomic E-state index is 13.7. The summed E-state index contributed by atoms with van der Waals surface area (Å²) >= 11 is 0. The molecule has 3 heterocycles. The number of nitrogens with one attached hydrogen (secondary N) is 1. The topological polar surface area (TPSA) is 90.8 Å². The molecule has 2 N–H and O–H groups in total. The van der Waals surface area contributed by atoms with E-state index in [4.69, 9.17) is 4.74 Å². The van der Waals surface area contributed by atoms with Crippen LogP contribution in [-0.4, -0.2) is 67.4 Å². The van der Waals surface area contributed by atoms with Crippen molar-refractivity contribution in [3.63, 3.8) is 0 Å². The highest BCUT2D eigenvalue weighted by Crippen LogP contribution is 2.34. The van der Waals surface area contributed by atoms with Crippen LogP contribution in [0.2, 0.25) is 0 Å². The van der Waals surface area contributed by atoms with Crippen LogP contribution in [0.3, 0.4) is 0 Å². The molecule has 2 aliphatic rings. The molecule has 2 fully saturated rings. The van der Waals surface area contributed by atoms with Gasteiger partial charge in [0.05, 0.1) is 18.6 Å². The summed E-state index contributed by atoms with van der Waals surface area (Å²) in [5, 5.41) is 12.2. The summed E-state index contributed by atoms with van der Waals surface area (Å²) in [6, 6.07) is 4.70. The standard InChI is InChI=1S/C27H33F6N5O3/c1-41-21-13-20(26(28,29)30)5-4-18(21)6-9-34-24(40)19-3-2-10-38(15-19)23-14-22(35-25(36-23)27(31,32)33)37-11-7-17(16-39)8-12-37/h4-5,13-14,17,19,39H,2-3,6-12,15-16H2,1H3,(H,34,40)/t19-/m1/s1. The second-order valence-electron chi connectivity index (χ2n) is 10.4. The molecule has 0 saturated carbocycles.